The van der Waals surface area contributed by atoms with Gasteiger partial charge in [-0.3, -0.25) is 9.69 Å². The number of methoxy groups -OCH3 is 3. The van der Waals surface area contributed by atoms with Crippen LogP contribution in [0.4, 0.5) is 4.39 Å². The van der Waals surface area contributed by atoms with E-state index in [-0.39, 0.29) is 5.82 Å². The Bertz CT molecular complexity index is 847. The molecule has 0 saturated carbocycles. The summed E-state index contributed by atoms with van der Waals surface area (Å²) in [5.41, 5.74) is 1.09. The van der Waals surface area contributed by atoms with Gasteiger partial charge in [0.25, 0.3) is 0 Å². The molecule has 1 saturated heterocycles. The predicted octanol–water partition coefficient (Wildman–Crippen LogP) is 3.88. The number of piperidine rings is 1. The maximum absolute atomic E-state index is 14.9. The van der Waals surface area contributed by atoms with Gasteiger partial charge in [0, 0.05) is 5.56 Å². The first-order valence-corrected chi connectivity index (χ1v) is 9.54. The molecule has 1 N–H and O–H groups in total. The van der Waals surface area contributed by atoms with Crippen LogP contribution in [0.2, 0.25) is 0 Å². The van der Waals surface area contributed by atoms with E-state index >= 15 is 0 Å². The molecule has 2 unspecified atom stereocenters. The van der Waals surface area contributed by atoms with Gasteiger partial charge in [0.15, 0.2) is 11.5 Å². The molecule has 0 bridgehead atoms. The second kappa shape index (κ2) is 9.13. The van der Waals surface area contributed by atoms with Gasteiger partial charge >= 0.3 is 5.97 Å². The normalized spacial score (nSPS) is 18.1. The van der Waals surface area contributed by atoms with Gasteiger partial charge in [-0.05, 0) is 43.1 Å². The maximum atomic E-state index is 14.9. The van der Waals surface area contributed by atoms with Crippen molar-refractivity contribution in [2.45, 2.75) is 31.3 Å². The molecule has 7 heteroatoms. The minimum Gasteiger partial charge on any atom is -0.493 e. The highest BCUT2D eigenvalue weighted by Gasteiger charge is 2.37. The van der Waals surface area contributed by atoms with Crippen LogP contribution in [0.25, 0.3) is 0 Å². The van der Waals surface area contributed by atoms with Crippen LogP contribution >= 0.6 is 0 Å². The number of rotatable bonds is 7. The summed E-state index contributed by atoms with van der Waals surface area (Å²) >= 11 is 0. The molecule has 0 amide bonds. The summed E-state index contributed by atoms with van der Waals surface area (Å²) in [6, 6.07) is 8.66. The zero-order chi connectivity index (χ0) is 21.0. The molecule has 1 aliphatic heterocycles. The van der Waals surface area contributed by atoms with Crippen LogP contribution in [0.5, 0.6) is 17.2 Å². The van der Waals surface area contributed by atoms with E-state index in [0.717, 1.165) is 12.8 Å². The van der Waals surface area contributed by atoms with Crippen LogP contribution in [0.3, 0.4) is 0 Å². The largest absolute Gasteiger partial charge is 0.493 e. The molecule has 29 heavy (non-hydrogen) atoms. The number of carboxylic acid groups (broad SMARTS) is 1. The summed E-state index contributed by atoms with van der Waals surface area (Å²) in [6.45, 7) is 0.548. The number of halogens is 1. The van der Waals surface area contributed by atoms with Gasteiger partial charge in [-0.2, -0.15) is 0 Å². The molecular formula is C22H26FNO5. The van der Waals surface area contributed by atoms with Gasteiger partial charge in [0.1, 0.15) is 11.9 Å². The predicted molar refractivity (Wildman–Crippen MR) is 106 cm³/mol. The van der Waals surface area contributed by atoms with Crippen LogP contribution in [0, 0.1) is 5.82 Å². The molecule has 1 heterocycles. The fourth-order valence-electron chi connectivity index (χ4n) is 4.03. The molecule has 3 rings (SSSR count). The van der Waals surface area contributed by atoms with Crippen molar-refractivity contribution in [3.63, 3.8) is 0 Å². The number of ether oxygens (including phenoxy) is 3. The van der Waals surface area contributed by atoms with Gasteiger partial charge in [0.2, 0.25) is 5.75 Å². The van der Waals surface area contributed by atoms with E-state index in [0.29, 0.717) is 41.3 Å². The first kappa shape index (κ1) is 20.9. The number of hydrogen-bond acceptors (Lipinski definition) is 5. The Morgan fingerprint density at radius 3 is 2.31 bits per heavy atom. The van der Waals surface area contributed by atoms with Crippen LogP contribution in [0.15, 0.2) is 36.4 Å². The van der Waals surface area contributed by atoms with Crippen molar-refractivity contribution in [2.75, 3.05) is 27.9 Å². The van der Waals surface area contributed by atoms with Crippen LogP contribution < -0.4 is 14.2 Å². The summed E-state index contributed by atoms with van der Waals surface area (Å²) in [5, 5.41) is 9.80. The van der Waals surface area contributed by atoms with Gasteiger partial charge in [-0.25, -0.2) is 4.39 Å². The zero-order valence-corrected chi connectivity index (χ0v) is 16.9. The van der Waals surface area contributed by atoms with Crippen molar-refractivity contribution in [2.24, 2.45) is 0 Å². The number of benzene rings is 2. The van der Waals surface area contributed by atoms with Gasteiger partial charge in [0.05, 0.1) is 27.4 Å². The van der Waals surface area contributed by atoms with E-state index < -0.39 is 18.1 Å². The van der Waals surface area contributed by atoms with E-state index in [4.69, 9.17) is 14.2 Å². The van der Waals surface area contributed by atoms with Crippen LogP contribution in [-0.4, -0.2) is 49.9 Å². The lowest BCUT2D eigenvalue weighted by molar-refractivity contribution is -0.145. The fraction of sp³-hybridized carbons (Fsp3) is 0.409. The lowest BCUT2D eigenvalue weighted by Gasteiger charge is -2.40. The third-order valence-corrected chi connectivity index (χ3v) is 5.36. The van der Waals surface area contributed by atoms with Crippen molar-refractivity contribution in [3.05, 3.63) is 53.3 Å². The summed E-state index contributed by atoms with van der Waals surface area (Å²) in [7, 11) is 4.54. The second-order valence-corrected chi connectivity index (χ2v) is 6.97. The molecule has 0 aliphatic carbocycles. The Balaban J connectivity index is 2.21. The summed E-state index contributed by atoms with van der Waals surface area (Å²) in [6.07, 6.45) is 2.19. The summed E-state index contributed by atoms with van der Waals surface area (Å²) < 4.78 is 31.2. The molecule has 0 spiro atoms. The van der Waals surface area contributed by atoms with E-state index in [9.17, 15) is 14.3 Å². The standard InChI is InChI=1S/C22H26FNO5/c1-27-18-12-14(13-19(28-2)21(18)29-3)20(15-8-4-5-9-16(15)23)24-11-7-6-10-17(24)22(25)26/h4-5,8-9,12-13,17,20H,6-7,10-11H2,1-3H3,(H,25,26). The quantitative estimate of drug-likeness (QED) is 0.757. The first-order chi connectivity index (χ1) is 14.0. The minimum absolute atomic E-state index is 0.388. The zero-order valence-electron chi connectivity index (χ0n) is 16.9. The van der Waals surface area contributed by atoms with E-state index in [1.807, 2.05) is 4.90 Å². The first-order valence-electron chi connectivity index (χ1n) is 9.54. The smallest absolute Gasteiger partial charge is 0.320 e. The number of carboxylic acids is 1. The van der Waals surface area contributed by atoms with Crippen molar-refractivity contribution >= 4 is 5.97 Å². The molecule has 2 atom stereocenters. The topological polar surface area (TPSA) is 68.2 Å². The monoisotopic (exact) mass is 403 g/mol. The SMILES string of the molecule is COc1cc(C(c2ccccc2F)N2CCCCC2C(=O)O)cc(OC)c1OC. The molecule has 1 fully saturated rings. The Morgan fingerprint density at radius 1 is 1.10 bits per heavy atom. The average Bonchev–Trinajstić information content (AvgIpc) is 2.74. The second-order valence-electron chi connectivity index (χ2n) is 6.97. The number of nitrogens with zero attached hydrogens (tertiary/aromatic N) is 1. The minimum atomic E-state index is -0.904. The highest BCUT2D eigenvalue weighted by atomic mass is 19.1. The molecule has 156 valence electrons. The molecule has 2 aromatic carbocycles. The number of carbonyl (C=O) groups is 1. The molecular weight excluding hydrogens is 377 g/mol. The Morgan fingerprint density at radius 2 is 1.76 bits per heavy atom. The highest BCUT2D eigenvalue weighted by molar-refractivity contribution is 5.74. The number of aliphatic carboxylic acids is 1. The van der Waals surface area contributed by atoms with Crippen molar-refractivity contribution < 1.29 is 28.5 Å². The lowest BCUT2D eigenvalue weighted by Crippen LogP contribution is -2.47. The number of hydrogen-bond donors (Lipinski definition) is 1. The summed E-state index contributed by atoms with van der Waals surface area (Å²) in [4.78, 5) is 13.8. The van der Waals surface area contributed by atoms with Crippen LogP contribution in [0.1, 0.15) is 36.4 Å². The van der Waals surface area contributed by atoms with Crippen LogP contribution in [-0.2, 0) is 4.79 Å². The van der Waals surface area contributed by atoms with Crippen molar-refractivity contribution in [1.29, 1.82) is 0 Å². The van der Waals surface area contributed by atoms with Crippen molar-refractivity contribution in [3.8, 4) is 17.2 Å². The highest BCUT2D eigenvalue weighted by Crippen LogP contribution is 2.43. The Hall–Kier alpha value is -2.80. The maximum Gasteiger partial charge on any atom is 0.320 e. The van der Waals surface area contributed by atoms with E-state index in [1.165, 1.54) is 27.4 Å². The molecule has 0 aromatic heterocycles. The third-order valence-electron chi connectivity index (χ3n) is 5.36. The number of likely N-dealkylation sites (tertiary alicyclic amines) is 1. The van der Waals surface area contributed by atoms with Gasteiger partial charge in [-0.15, -0.1) is 0 Å². The lowest BCUT2D eigenvalue weighted by atomic mass is 9.91. The fourth-order valence-corrected chi connectivity index (χ4v) is 4.03. The van der Waals surface area contributed by atoms with Gasteiger partial charge in [-0.1, -0.05) is 24.6 Å². The van der Waals surface area contributed by atoms with Gasteiger partial charge < -0.3 is 19.3 Å². The molecule has 2 aromatic rings. The van der Waals surface area contributed by atoms with Crippen molar-refractivity contribution in [1.82, 2.24) is 4.90 Å². The average molecular weight is 403 g/mol. The molecule has 6 nitrogen and oxygen atoms in total. The molecule has 1 aliphatic rings. The third kappa shape index (κ3) is 4.15. The van der Waals surface area contributed by atoms with E-state index in [2.05, 4.69) is 0 Å². The summed E-state index contributed by atoms with van der Waals surface area (Å²) in [5.74, 6) is 0.0121. The van der Waals surface area contributed by atoms with E-state index in [1.54, 1.807) is 30.3 Å². The Labute approximate surface area is 169 Å². The Kier molecular flexibility index (Phi) is 6.59. The molecule has 0 radical (unpaired) electrons.